The maximum Gasteiger partial charge on any atom is 0.0568 e. The van der Waals surface area contributed by atoms with Crippen molar-refractivity contribution in [3.63, 3.8) is 0 Å². The predicted molar refractivity (Wildman–Crippen MR) is 170 cm³/mol. The lowest BCUT2D eigenvalue weighted by atomic mass is 9.63. The highest BCUT2D eigenvalue weighted by molar-refractivity contribution is 5.93. The van der Waals surface area contributed by atoms with Crippen LogP contribution in [0.4, 0.5) is 5.69 Å². The molecule has 4 aromatic carbocycles. The number of fused-ring (bicyclic) bond motifs is 6. The van der Waals surface area contributed by atoms with Gasteiger partial charge in [-0.1, -0.05) is 132 Å². The summed E-state index contributed by atoms with van der Waals surface area (Å²) in [6, 6.07) is 27.6. The van der Waals surface area contributed by atoms with E-state index in [1.165, 1.54) is 45.6 Å². The first kappa shape index (κ1) is 25.9. The lowest BCUT2D eigenvalue weighted by Gasteiger charge is -2.41. The molecule has 0 saturated heterocycles. The highest BCUT2D eigenvalue weighted by atomic mass is 15.2. The van der Waals surface area contributed by atoms with Gasteiger partial charge < -0.3 is 4.90 Å². The second-order valence-corrected chi connectivity index (χ2v) is 12.8. The highest BCUT2D eigenvalue weighted by Crippen LogP contribution is 2.51. The molecule has 2 atom stereocenters. The van der Waals surface area contributed by atoms with E-state index in [1.54, 1.807) is 16.7 Å². The topological polar surface area (TPSA) is 3.24 Å². The second kappa shape index (κ2) is 9.70. The standard InChI is InChI=1S/C38H43N/c1-7-14-28-25-29(37(3,4)35-30-18-11-9-15-26(30)21-23-32(28)35)17-13-20-34-38(5,6)36-31-19-12-10-16-27(31)22-24-33(36)39(34)8-2/h9-13,15-24,28,34H,7-8,14,25H2,1-6H3/b20-13+,29-17-. The Balaban J connectivity index is 1.41. The second-order valence-electron chi connectivity index (χ2n) is 12.8. The molecule has 1 aliphatic carbocycles. The van der Waals surface area contributed by atoms with E-state index in [0.717, 1.165) is 13.0 Å². The van der Waals surface area contributed by atoms with Crippen LogP contribution in [0.15, 0.2) is 96.6 Å². The molecule has 200 valence electrons. The number of benzene rings is 4. The molecule has 0 bridgehead atoms. The monoisotopic (exact) mass is 513 g/mol. The Hall–Kier alpha value is -3.32. The summed E-state index contributed by atoms with van der Waals surface area (Å²) in [5.41, 5.74) is 7.58. The number of likely N-dealkylation sites (N-methyl/N-ethyl adjacent to an activating group) is 1. The molecule has 0 N–H and O–H groups in total. The quantitative estimate of drug-likeness (QED) is 0.256. The fourth-order valence-electron chi connectivity index (χ4n) is 7.85. The number of hydrogen-bond donors (Lipinski definition) is 0. The summed E-state index contributed by atoms with van der Waals surface area (Å²) < 4.78 is 0. The highest BCUT2D eigenvalue weighted by Gasteiger charge is 2.43. The molecule has 0 fully saturated rings. The van der Waals surface area contributed by atoms with Crippen molar-refractivity contribution in [2.75, 3.05) is 11.4 Å². The van der Waals surface area contributed by atoms with Gasteiger partial charge in [0, 0.05) is 23.1 Å². The molecular weight excluding hydrogens is 470 g/mol. The minimum Gasteiger partial charge on any atom is -0.364 e. The SMILES string of the molecule is CCCC1C/C(=C/C=C/C2N(CC)c3ccc4ccccc4c3C2(C)C)C(C)(C)c2c1ccc1ccccc21. The van der Waals surface area contributed by atoms with Crippen molar-refractivity contribution in [1.29, 1.82) is 0 Å². The molecule has 1 heterocycles. The van der Waals surface area contributed by atoms with Gasteiger partial charge in [-0.15, -0.1) is 0 Å². The van der Waals surface area contributed by atoms with E-state index in [4.69, 9.17) is 0 Å². The Labute approximate surface area is 235 Å². The predicted octanol–water partition coefficient (Wildman–Crippen LogP) is 10.2. The molecule has 0 amide bonds. The Morgan fingerprint density at radius 2 is 1.44 bits per heavy atom. The summed E-state index contributed by atoms with van der Waals surface area (Å²) in [6.45, 7) is 15.4. The van der Waals surface area contributed by atoms with Crippen LogP contribution in [0.5, 0.6) is 0 Å². The summed E-state index contributed by atoms with van der Waals surface area (Å²) >= 11 is 0. The number of anilines is 1. The van der Waals surface area contributed by atoms with E-state index in [2.05, 4.69) is 137 Å². The van der Waals surface area contributed by atoms with Crippen LogP contribution in [0.3, 0.4) is 0 Å². The van der Waals surface area contributed by atoms with Crippen LogP contribution in [0.25, 0.3) is 21.5 Å². The summed E-state index contributed by atoms with van der Waals surface area (Å²) in [4.78, 5) is 2.60. The van der Waals surface area contributed by atoms with Gasteiger partial charge in [-0.25, -0.2) is 0 Å². The molecule has 1 heteroatoms. The summed E-state index contributed by atoms with van der Waals surface area (Å²) in [6.07, 6.45) is 10.9. The summed E-state index contributed by atoms with van der Waals surface area (Å²) in [5.74, 6) is 0.591. The molecule has 0 aromatic heterocycles. The van der Waals surface area contributed by atoms with Crippen molar-refractivity contribution in [2.45, 2.75) is 83.6 Å². The molecule has 4 aromatic rings. The van der Waals surface area contributed by atoms with Gasteiger partial charge in [0.25, 0.3) is 0 Å². The van der Waals surface area contributed by atoms with Gasteiger partial charge in [0.1, 0.15) is 0 Å². The Bertz CT molecular complexity index is 1600. The summed E-state index contributed by atoms with van der Waals surface area (Å²) in [7, 11) is 0. The van der Waals surface area contributed by atoms with Crippen LogP contribution >= 0.6 is 0 Å². The first-order valence-electron chi connectivity index (χ1n) is 15.0. The van der Waals surface area contributed by atoms with Crippen LogP contribution in [-0.2, 0) is 10.8 Å². The third kappa shape index (κ3) is 4.05. The van der Waals surface area contributed by atoms with Gasteiger partial charge in [0.05, 0.1) is 6.04 Å². The minimum atomic E-state index is -0.000416. The molecule has 6 rings (SSSR count). The van der Waals surface area contributed by atoms with Crippen LogP contribution < -0.4 is 4.90 Å². The normalized spacial score (nSPS) is 22.6. The fourth-order valence-corrected chi connectivity index (χ4v) is 7.85. The van der Waals surface area contributed by atoms with Crippen molar-refractivity contribution in [1.82, 2.24) is 0 Å². The lowest BCUT2D eigenvalue weighted by molar-refractivity contribution is 0.480. The van der Waals surface area contributed by atoms with E-state index in [0.29, 0.717) is 12.0 Å². The molecule has 39 heavy (non-hydrogen) atoms. The van der Waals surface area contributed by atoms with Crippen LogP contribution in [0.2, 0.25) is 0 Å². The zero-order valence-corrected chi connectivity index (χ0v) is 24.6. The van der Waals surface area contributed by atoms with E-state index < -0.39 is 0 Å². The molecular formula is C38H43N. The van der Waals surface area contributed by atoms with Crippen molar-refractivity contribution in [2.24, 2.45) is 0 Å². The van der Waals surface area contributed by atoms with Crippen molar-refractivity contribution < 1.29 is 0 Å². The molecule has 1 nitrogen and oxygen atoms in total. The number of rotatable bonds is 5. The van der Waals surface area contributed by atoms with Crippen molar-refractivity contribution in [3.05, 3.63) is 113 Å². The molecule has 2 aliphatic rings. The summed E-state index contributed by atoms with van der Waals surface area (Å²) in [5, 5.41) is 5.51. The van der Waals surface area contributed by atoms with Gasteiger partial charge >= 0.3 is 0 Å². The minimum absolute atomic E-state index is 0.000416. The van der Waals surface area contributed by atoms with Crippen LogP contribution in [0, 0.1) is 0 Å². The van der Waals surface area contributed by atoms with Gasteiger partial charge in [0.2, 0.25) is 0 Å². The number of nitrogens with zero attached hydrogens (tertiary/aromatic N) is 1. The number of allylic oxidation sites excluding steroid dienone is 3. The van der Waals surface area contributed by atoms with Crippen molar-refractivity contribution >= 4 is 27.2 Å². The van der Waals surface area contributed by atoms with E-state index in [9.17, 15) is 0 Å². The van der Waals surface area contributed by atoms with Gasteiger partial charge in [-0.2, -0.15) is 0 Å². The molecule has 1 aliphatic heterocycles. The molecule has 0 spiro atoms. The van der Waals surface area contributed by atoms with Crippen molar-refractivity contribution in [3.8, 4) is 0 Å². The fraction of sp³-hybridized carbons (Fsp3) is 0.368. The maximum atomic E-state index is 2.60. The maximum absolute atomic E-state index is 2.60. The molecule has 0 radical (unpaired) electrons. The Morgan fingerprint density at radius 3 is 2.10 bits per heavy atom. The molecule has 2 unspecified atom stereocenters. The van der Waals surface area contributed by atoms with Crippen LogP contribution in [0.1, 0.15) is 83.4 Å². The lowest BCUT2D eigenvalue weighted by Crippen LogP contribution is -2.39. The van der Waals surface area contributed by atoms with Gasteiger partial charge in [-0.3, -0.25) is 0 Å². The third-order valence-electron chi connectivity index (χ3n) is 9.80. The largest absolute Gasteiger partial charge is 0.364 e. The number of hydrogen-bond acceptors (Lipinski definition) is 1. The van der Waals surface area contributed by atoms with Gasteiger partial charge in [-0.05, 0) is 70.0 Å². The van der Waals surface area contributed by atoms with E-state index >= 15 is 0 Å². The van der Waals surface area contributed by atoms with E-state index in [1.807, 2.05) is 0 Å². The average Bonchev–Trinajstić information content (AvgIpc) is 3.16. The zero-order chi connectivity index (χ0) is 27.4. The first-order chi connectivity index (χ1) is 18.8. The van der Waals surface area contributed by atoms with E-state index in [-0.39, 0.29) is 10.8 Å². The Morgan fingerprint density at radius 1 is 0.795 bits per heavy atom. The van der Waals surface area contributed by atoms with Gasteiger partial charge in [0.15, 0.2) is 0 Å². The third-order valence-corrected chi connectivity index (χ3v) is 9.80. The smallest absolute Gasteiger partial charge is 0.0568 e. The zero-order valence-electron chi connectivity index (χ0n) is 24.6. The first-order valence-corrected chi connectivity index (χ1v) is 15.0. The van der Waals surface area contributed by atoms with Crippen LogP contribution in [-0.4, -0.2) is 12.6 Å². The Kier molecular flexibility index (Phi) is 6.45. The average molecular weight is 514 g/mol. The molecule has 0 saturated carbocycles.